The van der Waals surface area contributed by atoms with Crippen molar-refractivity contribution in [3.8, 4) is 11.5 Å². The molecule has 2 aromatic rings. The van der Waals surface area contributed by atoms with Gasteiger partial charge in [0.15, 0.2) is 11.5 Å². The molecule has 0 radical (unpaired) electrons. The highest BCUT2D eigenvalue weighted by Gasteiger charge is 2.12. The number of carbonyl (C=O) groups excluding carboxylic acids is 2. The number of anilines is 1. The van der Waals surface area contributed by atoms with Crippen LogP contribution in [0.15, 0.2) is 42.5 Å². The Labute approximate surface area is 166 Å². The summed E-state index contributed by atoms with van der Waals surface area (Å²) in [5.74, 6) is 0.929. The fourth-order valence-electron chi connectivity index (χ4n) is 2.49. The van der Waals surface area contributed by atoms with E-state index in [1.54, 1.807) is 37.4 Å². The van der Waals surface area contributed by atoms with Gasteiger partial charge in [-0.3, -0.25) is 9.59 Å². The largest absolute Gasteiger partial charge is 0.490 e. The summed E-state index contributed by atoms with van der Waals surface area (Å²) in [7, 11) is 1.61. The van der Waals surface area contributed by atoms with Crippen LogP contribution < -0.4 is 20.1 Å². The molecule has 2 amide bonds. The van der Waals surface area contributed by atoms with E-state index in [2.05, 4.69) is 10.6 Å². The van der Waals surface area contributed by atoms with E-state index in [0.29, 0.717) is 42.4 Å². The molecule has 150 valence electrons. The second-order valence-electron chi connectivity index (χ2n) is 6.36. The first kappa shape index (κ1) is 21.3. The molecule has 0 saturated heterocycles. The third kappa shape index (κ3) is 6.30. The summed E-state index contributed by atoms with van der Waals surface area (Å²) >= 11 is 0. The van der Waals surface area contributed by atoms with Gasteiger partial charge >= 0.3 is 0 Å². The summed E-state index contributed by atoms with van der Waals surface area (Å²) in [5, 5.41) is 5.45. The fraction of sp³-hybridized carbons (Fsp3) is 0.364. The maximum atomic E-state index is 12.6. The number of amides is 2. The lowest BCUT2D eigenvalue weighted by Crippen LogP contribution is -2.19. The molecule has 28 heavy (non-hydrogen) atoms. The summed E-state index contributed by atoms with van der Waals surface area (Å²) in [6.07, 6.45) is 2.07. The standard InChI is InChI=1S/C22H28N2O4/c1-4-12-27-19-11-8-17(15-20(19)28-13-5-2)22(26)24-18-9-6-16(7-10-18)14-21(25)23-3/h6-11,15H,4-5,12-14H2,1-3H3,(H,23,25)(H,24,26). The molecule has 0 aliphatic carbocycles. The van der Waals surface area contributed by atoms with Crippen LogP contribution in [-0.4, -0.2) is 32.1 Å². The van der Waals surface area contributed by atoms with Gasteiger partial charge in [0.2, 0.25) is 5.91 Å². The second kappa shape index (κ2) is 11.0. The first-order chi connectivity index (χ1) is 13.6. The van der Waals surface area contributed by atoms with Gasteiger partial charge in [-0.1, -0.05) is 26.0 Å². The van der Waals surface area contributed by atoms with Gasteiger partial charge in [0.1, 0.15) is 0 Å². The van der Waals surface area contributed by atoms with Crippen LogP contribution >= 0.6 is 0 Å². The van der Waals surface area contributed by atoms with E-state index in [-0.39, 0.29) is 11.8 Å². The number of likely N-dealkylation sites (N-methyl/N-ethyl adjacent to an activating group) is 1. The molecule has 0 aliphatic rings. The van der Waals surface area contributed by atoms with Crippen molar-refractivity contribution < 1.29 is 19.1 Å². The zero-order chi connectivity index (χ0) is 20.4. The van der Waals surface area contributed by atoms with E-state index in [4.69, 9.17) is 9.47 Å². The number of benzene rings is 2. The molecular formula is C22H28N2O4. The Morgan fingerprint density at radius 2 is 1.54 bits per heavy atom. The lowest BCUT2D eigenvalue weighted by atomic mass is 10.1. The molecule has 0 fully saturated rings. The lowest BCUT2D eigenvalue weighted by molar-refractivity contribution is -0.119. The van der Waals surface area contributed by atoms with Crippen LogP contribution in [0.4, 0.5) is 5.69 Å². The van der Waals surface area contributed by atoms with E-state index in [9.17, 15) is 9.59 Å². The van der Waals surface area contributed by atoms with Crippen LogP contribution in [0.5, 0.6) is 11.5 Å². The van der Waals surface area contributed by atoms with Gasteiger partial charge in [-0.25, -0.2) is 0 Å². The van der Waals surface area contributed by atoms with Gasteiger partial charge in [0.05, 0.1) is 19.6 Å². The van der Waals surface area contributed by atoms with Crippen LogP contribution in [-0.2, 0) is 11.2 Å². The number of carbonyl (C=O) groups is 2. The summed E-state index contributed by atoms with van der Waals surface area (Å²) < 4.78 is 11.4. The lowest BCUT2D eigenvalue weighted by Gasteiger charge is -2.14. The normalized spacial score (nSPS) is 10.2. The fourth-order valence-corrected chi connectivity index (χ4v) is 2.49. The van der Waals surface area contributed by atoms with Crippen molar-refractivity contribution in [2.24, 2.45) is 0 Å². The smallest absolute Gasteiger partial charge is 0.255 e. The van der Waals surface area contributed by atoms with Crippen molar-refractivity contribution in [3.05, 3.63) is 53.6 Å². The predicted octanol–water partition coefficient (Wildman–Crippen LogP) is 3.81. The number of rotatable bonds is 10. The molecule has 0 saturated carbocycles. The Bertz CT molecular complexity index is 788. The Morgan fingerprint density at radius 1 is 0.893 bits per heavy atom. The van der Waals surface area contributed by atoms with E-state index < -0.39 is 0 Å². The highest BCUT2D eigenvalue weighted by Crippen LogP contribution is 2.29. The summed E-state index contributed by atoms with van der Waals surface area (Å²) in [6.45, 7) is 5.21. The molecule has 6 nitrogen and oxygen atoms in total. The van der Waals surface area contributed by atoms with Crippen molar-refractivity contribution in [2.45, 2.75) is 33.1 Å². The van der Waals surface area contributed by atoms with Gasteiger partial charge in [0, 0.05) is 18.3 Å². The molecule has 2 aromatic carbocycles. The van der Waals surface area contributed by atoms with Crippen molar-refractivity contribution in [2.75, 3.05) is 25.6 Å². The van der Waals surface area contributed by atoms with Gasteiger partial charge in [-0.15, -0.1) is 0 Å². The first-order valence-corrected chi connectivity index (χ1v) is 9.57. The van der Waals surface area contributed by atoms with E-state index in [0.717, 1.165) is 18.4 Å². The third-order valence-electron chi connectivity index (χ3n) is 3.98. The topological polar surface area (TPSA) is 76.7 Å². The molecule has 0 spiro atoms. The molecule has 0 aromatic heterocycles. The molecular weight excluding hydrogens is 356 g/mol. The van der Waals surface area contributed by atoms with Gasteiger partial charge in [-0.2, -0.15) is 0 Å². The zero-order valence-corrected chi connectivity index (χ0v) is 16.7. The maximum absolute atomic E-state index is 12.6. The van der Waals surface area contributed by atoms with Crippen LogP contribution in [0.1, 0.15) is 42.6 Å². The minimum Gasteiger partial charge on any atom is -0.490 e. The molecule has 0 bridgehead atoms. The Morgan fingerprint density at radius 3 is 2.14 bits per heavy atom. The summed E-state index contributed by atoms with van der Waals surface area (Å²) in [4.78, 5) is 24.0. The van der Waals surface area contributed by atoms with E-state index in [1.807, 2.05) is 26.0 Å². The monoisotopic (exact) mass is 384 g/mol. The number of hydrogen-bond acceptors (Lipinski definition) is 4. The minimum atomic E-state index is -0.234. The third-order valence-corrected chi connectivity index (χ3v) is 3.98. The molecule has 0 unspecified atom stereocenters. The molecule has 2 rings (SSSR count). The van der Waals surface area contributed by atoms with Crippen molar-refractivity contribution >= 4 is 17.5 Å². The predicted molar refractivity (Wildman–Crippen MR) is 110 cm³/mol. The SMILES string of the molecule is CCCOc1ccc(C(=O)Nc2ccc(CC(=O)NC)cc2)cc1OCCC. The van der Waals surface area contributed by atoms with Crippen molar-refractivity contribution in [3.63, 3.8) is 0 Å². The molecule has 2 N–H and O–H groups in total. The zero-order valence-electron chi connectivity index (χ0n) is 16.7. The van der Waals surface area contributed by atoms with E-state index in [1.165, 1.54) is 0 Å². The van der Waals surface area contributed by atoms with Crippen LogP contribution in [0.3, 0.4) is 0 Å². The highest BCUT2D eigenvalue weighted by atomic mass is 16.5. The van der Waals surface area contributed by atoms with Gasteiger partial charge in [0.25, 0.3) is 5.91 Å². The quantitative estimate of drug-likeness (QED) is 0.653. The minimum absolute atomic E-state index is 0.0539. The molecule has 0 heterocycles. The van der Waals surface area contributed by atoms with Crippen LogP contribution in [0.2, 0.25) is 0 Å². The van der Waals surface area contributed by atoms with Crippen molar-refractivity contribution in [1.82, 2.24) is 5.32 Å². The summed E-state index contributed by atoms with van der Waals surface area (Å²) in [6, 6.07) is 12.4. The average molecular weight is 384 g/mol. The van der Waals surface area contributed by atoms with Crippen LogP contribution in [0, 0.1) is 0 Å². The Hall–Kier alpha value is -3.02. The van der Waals surface area contributed by atoms with Crippen molar-refractivity contribution in [1.29, 1.82) is 0 Å². The number of nitrogens with one attached hydrogen (secondary N) is 2. The van der Waals surface area contributed by atoms with Crippen LogP contribution in [0.25, 0.3) is 0 Å². The summed E-state index contributed by atoms with van der Waals surface area (Å²) in [5.41, 5.74) is 2.03. The molecule has 6 heteroatoms. The maximum Gasteiger partial charge on any atom is 0.255 e. The van der Waals surface area contributed by atoms with E-state index >= 15 is 0 Å². The Balaban J connectivity index is 2.09. The molecule has 0 aliphatic heterocycles. The molecule has 0 atom stereocenters. The van der Waals surface area contributed by atoms with Gasteiger partial charge < -0.3 is 20.1 Å². The first-order valence-electron chi connectivity index (χ1n) is 9.57. The Kier molecular flexibility index (Phi) is 8.34. The highest BCUT2D eigenvalue weighted by molar-refractivity contribution is 6.04. The number of ether oxygens (including phenoxy) is 2. The average Bonchev–Trinajstić information content (AvgIpc) is 2.72. The van der Waals surface area contributed by atoms with Gasteiger partial charge in [-0.05, 0) is 48.7 Å². The number of hydrogen-bond donors (Lipinski definition) is 2. The second-order valence-corrected chi connectivity index (χ2v) is 6.36.